The lowest BCUT2D eigenvalue weighted by Gasteiger charge is -2.39. The third-order valence-corrected chi connectivity index (χ3v) is 5.02. The van der Waals surface area contributed by atoms with Crippen LogP contribution in [0.15, 0.2) is 22.7 Å². The molecule has 0 saturated carbocycles. The van der Waals surface area contributed by atoms with Crippen molar-refractivity contribution < 1.29 is 0 Å². The van der Waals surface area contributed by atoms with Gasteiger partial charge in [0.1, 0.15) is 0 Å². The largest absolute Gasteiger partial charge is 0.397 e. The average molecular weight is 301 g/mol. The Hall–Kier alpha value is -0.350. The molecule has 2 atom stereocenters. The van der Waals surface area contributed by atoms with Crippen molar-refractivity contribution in [2.24, 2.45) is 0 Å². The van der Waals surface area contributed by atoms with E-state index in [1.165, 1.54) is 5.75 Å². The first-order valence-corrected chi connectivity index (χ1v) is 7.37. The smallest absolute Gasteiger partial charge is 0.0614 e. The lowest BCUT2D eigenvalue weighted by molar-refractivity contribution is 0.628. The van der Waals surface area contributed by atoms with Gasteiger partial charge >= 0.3 is 0 Å². The van der Waals surface area contributed by atoms with Crippen LogP contribution in [-0.4, -0.2) is 23.6 Å². The Balaban J connectivity index is 2.31. The molecule has 0 aliphatic carbocycles. The van der Waals surface area contributed by atoms with Gasteiger partial charge in [-0.3, -0.25) is 0 Å². The van der Waals surface area contributed by atoms with Crippen LogP contribution in [0.2, 0.25) is 0 Å². The Kier molecular flexibility index (Phi) is 3.70. The molecule has 4 heteroatoms. The predicted octanol–water partition coefficient (Wildman–Crippen LogP) is 3.36. The van der Waals surface area contributed by atoms with Crippen molar-refractivity contribution in [3.05, 3.63) is 22.7 Å². The summed E-state index contributed by atoms with van der Waals surface area (Å²) in [6, 6.07) is 6.62. The van der Waals surface area contributed by atoms with E-state index in [1.54, 1.807) is 0 Å². The van der Waals surface area contributed by atoms with Gasteiger partial charge in [0.15, 0.2) is 0 Å². The molecule has 0 radical (unpaired) electrons. The fourth-order valence-electron chi connectivity index (χ4n) is 2.04. The molecule has 2 N–H and O–H groups in total. The Bertz CT molecular complexity index is 383. The number of thioether (sulfide) groups is 1. The van der Waals surface area contributed by atoms with Crippen LogP contribution in [0.1, 0.15) is 13.8 Å². The first-order chi connectivity index (χ1) is 7.59. The van der Waals surface area contributed by atoms with E-state index in [-0.39, 0.29) is 0 Å². The van der Waals surface area contributed by atoms with Crippen molar-refractivity contribution in [3.8, 4) is 0 Å². The molecule has 0 amide bonds. The highest BCUT2D eigenvalue weighted by atomic mass is 79.9. The van der Waals surface area contributed by atoms with Crippen LogP contribution in [0.5, 0.6) is 0 Å². The fourth-order valence-corrected chi connectivity index (χ4v) is 3.49. The Labute approximate surface area is 110 Å². The minimum atomic E-state index is 0.537. The number of rotatable bonds is 1. The predicted molar refractivity (Wildman–Crippen MR) is 77.3 cm³/mol. The quantitative estimate of drug-likeness (QED) is 0.807. The molecule has 1 heterocycles. The highest BCUT2D eigenvalue weighted by Crippen LogP contribution is 2.34. The monoisotopic (exact) mass is 300 g/mol. The van der Waals surface area contributed by atoms with Gasteiger partial charge in [0.2, 0.25) is 0 Å². The van der Waals surface area contributed by atoms with E-state index in [2.05, 4.69) is 40.7 Å². The zero-order chi connectivity index (χ0) is 11.7. The van der Waals surface area contributed by atoms with Crippen molar-refractivity contribution in [3.63, 3.8) is 0 Å². The molecule has 1 aliphatic rings. The summed E-state index contributed by atoms with van der Waals surface area (Å²) in [4.78, 5) is 2.42. The number of benzene rings is 1. The minimum absolute atomic E-state index is 0.537. The molecule has 1 aromatic carbocycles. The number of nitrogens with two attached hydrogens (primary N) is 1. The van der Waals surface area contributed by atoms with Gasteiger partial charge in [0.05, 0.1) is 11.4 Å². The van der Waals surface area contributed by atoms with Crippen LogP contribution < -0.4 is 10.6 Å². The van der Waals surface area contributed by atoms with E-state index < -0.39 is 0 Å². The van der Waals surface area contributed by atoms with E-state index in [0.717, 1.165) is 22.4 Å². The van der Waals surface area contributed by atoms with Crippen LogP contribution >= 0.6 is 27.7 Å². The number of anilines is 2. The van der Waals surface area contributed by atoms with Gasteiger partial charge in [-0.05, 0) is 25.1 Å². The average Bonchev–Trinajstić information content (AvgIpc) is 2.26. The second-order valence-corrected chi connectivity index (χ2v) is 6.61. The normalized spacial score (nSPS) is 25.8. The summed E-state index contributed by atoms with van der Waals surface area (Å²) in [7, 11) is 0. The van der Waals surface area contributed by atoms with Gasteiger partial charge in [-0.25, -0.2) is 0 Å². The zero-order valence-electron chi connectivity index (χ0n) is 9.61. The first-order valence-electron chi connectivity index (χ1n) is 5.53. The molecule has 1 aliphatic heterocycles. The molecule has 88 valence electrons. The Morgan fingerprint density at radius 1 is 1.44 bits per heavy atom. The fraction of sp³-hybridized carbons (Fsp3) is 0.500. The maximum atomic E-state index is 6.06. The zero-order valence-corrected chi connectivity index (χ0v) is 12.0. The maximum Gasteiger partial charge on any atom is 0.0614 e. The molecule has 2 rings (SSSR count). The first kappa shape index (κ1) is 12.1. The summed E-state index contributed by atoms with van der Waals surface area (Å²) in [6.07, 6.45) is 0. The molecular formula is C12H17BrN2S. The van der Waals surface area contributed by atoms with Gasteiger partial charge in [0.25, 0.3) is 0 Å². The molecule has 1 aromatic rings. The molecule has 0 spiro atoms. The van der Waals surface area contributed by atoms with Crippen LogP contribution in [0.25, 0.3) is 0 Å². The highest BCUT2D eigenvalue weighted by molar-refractivity contribution is 9.10. The molecule has 1 fully saturated rings. The molecule has 2 unspecified atom stereocenters. The van der Waals surface area contributed by atoms with E-state index in [9.17, 15) is 0 Å². The van der Waals surface area contributed by atoms with Crippen LogP contribution in [0, 0.1) is 0 Å². The summed E-state index contributed by atoms with van der Waals surface area (Å²) < 4.78 is 1.09. The highest BCUT2D eigenvalue weighted by Gasteiger charge is 2.26. The lowest BCUT2D eigenvalue weighted by Crippen LogP contribution is -2.45. The van der Waals surface area contributed by atoms with Crippen LogP contribution in [0.4, 0.5) is 11.4 Å². The van der Waals surface area contributed by atoms with Crippen LogP contribution in [0.3, 0.4) is 0 Å². The number of hydrogen-bond donors (Lipinski definition) is 1. The van der Waals surface area contributed by atoms with Crippen molar-refractivity contribution in [2.75, 3.05) is 22.9 Å². The topological polar surface area (TPSA) is 29.3 Å². The molecule has 2 nitrogen and oxygen atoms in total. The number of hydrogen-bond acceptors (Lipinski definition) is 3. The molecule has 0 bridgehead atoms. The van der Waals surface area contributed by atoms with Crippen molar-refractivity contribution in [1.82, 2.24) is 0 Å². The summed E-state index contributed by atoms with van der Waals surface area (Å²) in [6.45, 7) is 5.64. The number of nitrogens with zero attached hydrogens (tertiary/aromatic N) is 1. The van der Waals surface area contributed by atoms with Gasteiger partial charge in [-0.2, -0.15) is 11.8 Å². The van der Waals surface area contributed by atoms with E-state index in [1.807, 2.05) is 23.9 Å². The lowest BCUT2D eigenvalue weighted by atomic mass is 10.1. The molecule has 0 aromatic heterocycles. The summed E-state index contributed by atoms with van der Waals surface area (Å²) in [5, 5.41) is 0.659. The van der Waals surface area contributed by atoms with Crippen molar-refractivity contribution >= 4 is 39.1 Å². The third-order valence-electron chi connectivity index (χ3n) is 3.19. The SMILES string of the molecule is CC1SCCN(c2cc(Br)ccc2N)C1C. The standard InChI is InChI=1S/C12H17BrN2S/c1-8-9(2)16-6-5-15(8)12-7-10(13)3-4-11(12)14/h3-4,7-9H,5-6,14H2,1-2H3. The third kappa shape index (κ3) is 2.33. The van der Waals surface area contributed by atoms with Crippen molar-refractivity contribution in [1.29, 1.82) is 0 Å². The van der Waals surface area contributed by atoms with E-state index in [4.69, 9.17) is 5.73 Å². The van der Waals surface area contributed by atoms with Gasteiger partial charge in [-0.15, -0.1) is 0 Å². The van der Waals surface area contributed by atoms with Gasteiger partial charge in [0, 0.05) is 28.1 Å². The van der Waals surface area contributed by atoms with Gasteiger partial charge < -0.3 is 10.6 Å². The van der Waals surface area contributed by atoms with E-state index in [0.29, 0.717) is 11.3 Å². The van der Waals surface area contributed by atoms with Gasteiger partial charge in [-0.1, -0.05) is 22.9 Å². The number of halogens is 1. The maximum absolute atomic E-state index is 6.06. The molecule has 1 saturated heterocycles. The molecule has 16 heavy (non-hydrogen) atoms. The molecular weight excluding hydrogens is 284 g/mol. The Morgan fingerprint density at radius 3 is 2.94 bits per heavy atom. The van der Waals surface area contributed by atoms with Crippen LogP contribution in [-0.2, 0) is 0 Å². The Morgan fingerprint density at radius 2 is 2.19 bits per heavy atom. The minimum Gasteiger partial charge on any atom is -0.397 e. The van der Waals surface area contributed by atoms with E-state index >= 15 is 0 Å². The summed E-state index contributed by atoms with van der Waals surface area (Å²) in [5.41, 5.74) is 8.09. The second kappa shape index (κ2) is 4.88. The number of nitrogen functional groups attached to an aromatic ring is 1. The summed E-state index contributed by atoms with van der Waals surface area (Å²) >= 11 is 5.55. The summed E-state index contributed by atoms with van der Waals surface area (Å²) in [5.74, 6) is 1.18. The second-order valence-electron chi connectivity index (χ2n) is 4.21. The van der Waals surface area contributed by atoms with Crippen molar-refractivity contribution in [2.45, 2.75) is 25.1 Å².